The largest absolute Gasteiger partial charge is 0.379 e. The van der Waals surface area contributed by atoms with Gasteiger partial charge in [-0.15, -0.1) is 0 Å². The van der Waals surface area contributed by atoms with E-state index in [1.54, 1.807) is 0 Å². The van der Waals surface area contributed by atoms with Crippen LogP contribution in [0.15, 0.2) is 0 Å². The Morgan fingerprint density at radius 1 is 0.469 bits per heavy atom. The van der Waals surface area contributed by atoms with Crippen molar-refractivity contribution in [2.75, 3.05) is 26.4 Å². The highest BCUT2D eigenvalue weighted by Crippen LogP contribution is 2.36. The van der Waals surface area contributed by atoms with Gasteiger partial charge in [-0.25, -0.2) is 0 Å². The summed E-state index contributed by atoms with van der Waals surface area (Å²) in [7, 11) is -0.611. The molecule has 0 bridgehead atoms. The minimum Gasteiger partial charge on any atom is -0.379 e. The zero-order valence-electron chi connectivity index (χ0n) is 62.6. The van der Waals surface area contributed by atoms with Crippen LogP contribution in [-0.4, -0.2) is 94.5 Å². The number of hydrogen-bond acceptors (Lipinski definition) is 7. The van der Waals surface area contributed by atoms with Crippen LogP contribution in [0.3, 0.4) is 0 Å². The Hall–Kier alpha value is -0.0631. The van der Waals surface area contributed by atoms with E-state index in [4.69, 9.17) is 33.2 Å². The maximum atomic E-state index is 5.69. The van der Waals surface area contributed by atoms with Gasteiger partial charge < -0.3 is 33.2 Å². The molecule has 2 aliphatic carbocycles. The fourth-order valence-corrected chi connectivity index (χ4v) is 6.40. The zero-order valence-corrected chi connectivity index (χ0v) is 63.6. The fourth-order valence-electron chi connectivity index (χ4n) is 6.40. The van der Waals surface area contributed by atoms with Crippen molar-refractivity contribution in [3.05, 3.63) is 0 Å². The van der Waals surface area contributed by atoms with Crippen LogP contribution in [0, 0.1) is 27.6 Å². The Kier molecular flexibility index (Phi) is 73.2. The van der Waals surface area contributed by atoms with Gasteiger partial charge in [0.2, 0.25) is 0 Å². The highest BCUT2D eigenvalue weighted by atomic mass is 28.3. The van der Waals surface area contributed by atoms with Crippen LogP contribution < -0.4 is 0 Å². The molecule has 3 aliphatic rings. The molecule has 1 heterocycles. The van der Waals surface area contributed by atoms with Crippen LogP contribution in [0.1, 0.15) is 341 Å². The Bertz CT molecular complexity index is 1110. The first-order valence-electron chi connectivity index (χ1n) is 32.6. The van der Waals surface area contributed by atoms with Crippen molar-refractivity contribution in [3.63, 3.8) is 0 Å². The number of rotatable bonds is 11. The molecule has 0 aromatic rings. The van der Waals surface area contributed by atoms with E-state index in [0.717, 1.165) is 26.4 Å². The molecule has 0 radical (unpaired) electrons. The Balaban J connectivity index is -0.0000000858. The van der Waals surface area contributed by atoms with Gasteiger partial charge in [0, 0.05) is 34.5 Å². The normalized spacial score (nSPS) is 16.3. The summed E-state index contributed by atoms with van der Waals surface area (Å²) in [5.74, 6) is 0.664. The smallest absolute Gasteiger partial charge is 0.0601 e. The predicted octanol–water partition coefficient (Wildman–Crippen LogP) is 25.0. The predicted molar refractivity (Wildman–Crippen MR) is 377 cm³/mol. The lowest BCUT2D eigenvalue weighted by Gasteiger charge is -2.34. The first-order chi connectivity index (χ1) is 35.1. The summed E-state index contributed by atoms with van der Waals surface area (Å²) in [5.41, 5.74) is 2.13. The average molecular weight is 1190 g/mol. The summed E-state index contributed by atoms with van der Waals surface area (Å²) < 4.78 is 37.2. The summed E-state index contributed by atoms with van der Waals surface area (Å²) in [6, 6.07) is 0. The van der Waals surface area contributed by atoms with Gasteiger partial charge in [-0.05, 0) is 218 Å². The van der Waals surface area contributed by atoms with E-state index in [0.29, 0.717) is 76.4 Å². The average Bonchev–Trinajstić information content (AvgIpc) is 3.18. The number of ether oxygens (including phenoxy) is 7. The van der Waals surface area contributed by atoms with Crippen molar-refractivity contribution in [2.24, 2.45) is 27.6 Å². The van der Waals surface area contributed by atoms with E-state index in [1.165, 1.54) is 83.5 Å². The minimum absolute atomic E-state index is 0. The molecule has 8 heteroatoms. The molecule has 1 atom stereocenters. The molecule has 2 saturated carbocycles. The van der Waals surface area contributed by atoms with Gasteiger partial charge in [0.05, 0.1) is 60.0 Å². The molecular formula is C73H168O7Si. The quantitative estimate of drug-likeness (QED) is 0.191. The molecular weight excluding hydrogens is 1020 g/mol. The van der Waals surface area contributed by atoms with Crippen LogP contribution in [0.2, 0.25) is 26.2 Å². The first kappa shape index (κ1) is 103. The fraction of sp³-hybridized carbons (Fsp3) is 1.00. The Labute approximate surface area is 519 Å². The second-order valence-corrected chi connectivity index (χ2v) is 38.2. The number of hydrogen-bond donors (Lipinski definition) is 0. The lowest BCUT2D eigenvalue weighted by molar-refractivity contribution is -0.0425. The summed E-state index contributed by atoms with van der Waals surface area (Å²) in [5, 5.41) is 0. The highest BCUT2D eigenvalue weighted by Gasteiger charge is 2.27. The highest BCUT2D eigenvalue weighted by molar-refractivity contribution is 6.74. The molecule has 506 valence electrons. The van der Waals surface area contributed by atoms with Crippen LogP contribution in [0.4, 0.5) is 0 Å². The summed E-state index contributed by atoms with van der Waals surface area (Å²) in [6.45, 7) is 87.4. The molecule has 7 nitrogen and oxygen atoms in total. The third-order valence-electron chi connectivity index (χ3n) is 10.9. The van der Waals surface area contributed by atoms with Gasteiger partial charge in [0.15, 0.2) is 0 Å². The molecule has 3 rings (SSSR count). The SMILES string of the molecule is C.C.CC(C)(C)C.CC(C)(C)C(C)(C)C.CC(C)COC(C)C.CC(C)OC(C)(C)C.CC(C)OC(C)C.CC(C)OC1CCCCC1.CC1(C)CCCCC1.CC1CCCCO1.CCOC(C)(C)C.CCOC(C)C.C[Si](C)(C)C. The van der Waals surface area contributed by atoms with Gasteiger partial charge >= 0.3 is 0 Å². The molecule has 1 aliphatic heterocycles. The summed E-state index contributed by atoms with van der Waals surface area (Å²) in [6.07, 6.45) is 21.4. The monoisotopic (exact) mass is 1190 g/mol. The van der Waals surface area contributed by atoms with Crippen LogP contribution in [0.25, 0.3) is 0 Å². The van der Waals surface area contributed by atoms with Gasteiger partial charge in [0.25, 0.3) is 0 Å². The van der Waals surface area contributed by atoms with Gasteiger partial charge in [-0.1, -0.05) is 176 Å². The molecule has 81 heavy (non-hydrogen) atoms. The van der Waals surface area contributed by atoms with Crippen molar-refractivity contribution >= 4 is 8.07 Å². The lowest BCUT2D eigenvalue weighted by Crippen LogP contribution is -2.25. The third-order valence-corrected chi connectivity index (χ3v) is 10.9. The first-order valence-corrected chi connectivity index (χ1v) is 36.6. The van der Waals surface area contributed by atoms with E-state index in [1.807, 2.05) is 69.2 Å². The van der Waals surface area contributed by atoms with Crippen molar-refractivity contribution in [3.8, 4) is 0 Å². The molecule has 0 aromatic carbocycles. The standard InChI is InChI=1S/C9H18O.C8H16.C8H18.2C7H16O.C6H12O.2C6H14O.C5H12O.C5H12.C4H12Si.2CH4/c1-8(2)10-9-6-4-3-5-7-9;1-8(2)6-4-3-5-7-8;1-7(2,3)8(4,5)6;1-6(2)8-7(3,4)5;1-6(2)5-8-7(3)4;1-6-4-2-3-5-7-6;1-5-7-6(2,3)4;1-5(2)7-6(3)4;1-4-6-5(2)3;2*1-5(2,3)4;;/h8-9H,3-7H2,1-2H3;3-7H2,1-2H3;1-6H3;6H,1-5H3;6-7H,5H2,1-4H3;6H,2-5H2,1H3;5H2,1-4H3;5-6H,1-4H3;5H,4H2,1-3H3;2*1-4H3;2*1H4. The van der Waals surface area contributed by atoms with Crippen molar-refractivity contribution in [1.29, 1.82) is 0 Å². The zero-order chi connectivity index (χ0) is 64.7. The van der Waals surface area contributed by atoms with Gasteiger partial charge in [-0.2, -0.15) is 0 Å². The molecule has 3 fully saturated rings. The maximum absolute atomic E-state index is 5.69. The lowest BCUT2D eigenvalue weighted by atomic mass is 9.71. The summed E-state index contributed by atoms with van der Waals surface area (Å²) >= 11 is 0. The van der Waals surface area contributed by atoms with Gasteiger partial charge in [0.1, 0.15) is 0 Å². The molecule has 1 saturated heterocycles. The van der Waals surface area contributed by atoms with E-state index < -0.39 is 8.07 Å². The summed E-state index contributed by atoms with van der Waals surface area (Å²) in [4.78, 5) is 0. The van der Waals surface area contributed by atoms with Crippen LogP contribution >= 0.6 is 0 Å². The Morgan fingerprint density at radius 2 is 0.827 bits per heavy atom. The van der Waals surface area contributed by atoms with Crippen molar-refractivity contribution in [1.82, 2.24) is 0 Å². The molecule has 0 spiro atoms. The van der Waals surface area contributed by atoms with Crippen molar-refractivity contribution < 1.29 is 33.2 Å². The second kappa shape index (κ2) is 57.7. The Morgan fingerprint density at radius 3 is 0.951 bits per heavy atom. The molecule has 1 unspecified atom stereocenters. The molecule has 0 amide bonds. The van der Waals surface area contributed by atoms with E-state index in [2.05, 4.69) is 199 Å². The van der Waals surface area contributed by atoms with Crippen LogP contribution in [0.5, 0.6) is 0 Å². The van der Waals surface area contributed by atoms with E-state index >= 15 is 0 Å². The molecule has 0 aromatic heterocycles. The van der Waals surface area contributed by atoms with E-state index in [9.17, 15) is 0 Å². The maximum Gasteiger partial charge on any atom is 0.0601 e. The van der Waals surface area contributed by atoms with Crippen LogP contribution in [-0.2, 0) is 33.2 Å². The minimum atomic E-state index is -0.611. The van der Waals surface area contributed by atoms with E-state index in [-0.39, 0.29) is 26.1 Å². The van der Waals surface area contributed by atoms with Gasteiger partial charge in [-0.3, -0.25) is 0 Å². The topological polar surface area (TPSA) is 64.6 Å². The third kappa shape index (κ3) is 135. The molecule has 0 N–H and O–H groups in total. The van der Waals surface area contributed by atoms with Crippen molar-refractivity contribution in [2.45, 2.75) is 427 Å². The second-order valence-electron chi connectivity index (χ2n) is 32.2.